The smallest absolute Gasteiger partial charge is 0.144 e. The number of aromatic nitrogens is 4. The molecule has 3 N–H and O–H groups in total. The molecular weight excluding hydrogens is 368 g/mol. The third-order valence-electron chi connectivity index (χ3n) is 4.29. The van der Waals surface area contributed by atoms with Gasteiger partial charge in [0.15, 0.2) is 0 Å². The highest BCUT2D eigenvalue weighted by Gasteiger charge is 2.25. The summed E-state index contributed by atoms with van der Waals surface area (Å²) in [4.78, 5) is 4.27. The lowest BCUT2D eigenvalue weighted by Crippen LogP contribution is -2.73. The Morgan fingerprint density at radius 2 is 1.93 bits per heavy atom. The molecule has 3 aromatic rings. The zero-order valence-corrected chi connectivity index (χ0v) is 15.6. The van der Waals surface area contributed by atoms with Crippen molar-refractivity contribution in [1.82, 2.24) is 19.3 Å². The number of hydrogen-bond acceptors (Lipinski definition) is 4. The van der Waals surface area contributed by atoms with Gasteiger partial charge in [-0.15, -0.1) is 0 Å². The van der Waals surface area contributed by atoms with Crippen LogP contribution in [-0.4, -0.2) is 31.6 Å². The zero-order chi connectivity index (χ0) is 20.4. The molecule has 146 valence electrons. The predicted molar refractivity (Wildman–Crippen MR) is 99.8 cm³/mol. The number of rotatable bonds is 6. The van der Waals surface area contributed by atoms with E-state index in [1.165, 1.54) is 24.3 Å². The van der Waals surface area contributed by atoms with Crippen molar-refractivity contribution in [3.05, 3.63) is 60.0 Å². The molecule has 0 atom stereocenters. The van der Waals surface area contributed by atoms with Crippen LogP contribution in [0.3, 0.4) is 0 Å². The van der Waals surface area contributed by atoms with Gasteiger partial charge in [-0.3, -0.25) is 9.25 Å². The molecule has 2 aromatic heterocycles. The Morgan fingerprint density at radius 3 is 2.50 bits per heavy atom. The van der Waals surface area contributed by atoms with E-state index in [0.29, 0.717) is 22.9 Å². The molecule has 0 saturated heterocycles. The van der Waals surface area contributed by atoms with E-state index >= 15 is 0 Å². The summed E-state index contributed by atoms with van der Waals surface area (Å²) in [6.45, 7) is 5.39. The number of imidazole rings is 1. The predicted octanol–water partition coefficient (Wildman–Crippen LogP) is 2.43. The number of quaternary nitrogens is 1. The molecule has 1 aromatic carbocycles. The molecule has 0 amide bonds. The monoisotopic (exact) mass is 388 g/mol. The lowest BCUT2D eigenvalue weighted by atomic mass is 10.0. The van der Waals surface area contributed by atoms with Crippen molar-refractivity contribution in [2.24, 2.45) is 7.05 Å². The second-order valence-electron chi connectivity index (χ2n) is 5.97. The standard InChI is InChI=1S/C19H19F2N5O2/c1-5-15-16(6-7-23-27)26(10-22-15)19-17(11(2)24-25(19)3)18-13(20)8-12(28-4)9-14(18)21/h5-10,23,27H,1H2,2-4H3/p+1/b7-6-. The van der Waals surface area contributed by atoms with E-state index in [-0.39, 0.29) is 16.9 Å². The second-order valence-corrected chi connectivity index (χ2v) is 5.97. The fraction of sp³-hybridized carbons (Fsp3) is 0.158. The molecule has 0 saturated carbocycles. The van der Waals surface area contributed by atoms with Gasteiger partial charge in [-0.05, 0) is 13.0 Å². The Balaban J connectivity index is 2.32. The molecule has 9 heteroatoms. The van der Waals surface area contributed by atoms with Crippen molar-refractivity contribution in [3.63, 3.8) is 0 Å². The average molecular weight is 388 g/mol. The zero-order valence-electron chi connectivity index (χ0n) is 15.6. The molecule has 3 rings (SSSR count). The van der Waals surface area contributed by atoms with Gasteiger partial charge in [-0.25, -0.2) is 19.0 Å². The maximum Gasteiger partial charge on any atom is 0.144 e. The van der Waals surface area contributed by atoms with Gasteiger partial charge in [0.25, 0.3) is 0 Å². The van der Waals surface area contributed by atoms with Crippen LogP contribution in [0.5, 0.6) is 5.75 Å². The van der Waals surface area contributed by atoms with E-state index in [9.17, 15) is 8.78 Å². The molecular formula is C19H20F2N5O2+. The Bertz CT molecular complexity index is 1050. The third-order valence-corrected chi connectivity index (χ3v) is 4.29. The van der Waals surface area contributed by atoms with Gasteiger partial charge in [-0.1, -0.05) is 6.58 Å². The van der Waals surface area contributed by atoms with Crippen molar-refractivity contribution in [1.29, 1.82) is 0 Å². The van der Waals surface area contributed by atoms with Crippen molar-refractivity contribution >= 4 is 12.2 Å². The summed E-state index contributed by atoms with van der Waals surface area (Å²) in [5.74, 6) is -1.03. The fourth-order valence-electron chi connectivity index (χ4n) is 3.12. The first-order chi connectivity index (χ1) is 13.4. The Hall–Kier alpha value is -3.30. The number of methoxy groups -OCH3 is 1. The van der Waals surface area contributed by atoms with Crippen LogP contribution in [-0.2, 0) is 7.05 Å². The average Bonchev–Trinajstić information content (AvgIpc) is 3.18. The maximum absolute atomic E-state index is 14.8. The summed E-state index contributed by atoms with van der Waals surface area (Å²) in [6.07, 6.45) is 6.08. The highest BCUT2D eigenvalue weighted by molar-refractivity contribution is 5.76. The number of hydrogen-bond donors (Lipinski definition) is 2. The minimum atomic E-state index is -0.765. The van der Waals surface area contributed by atoms with Gasteiger partial charge in [0.2, 0.25) is 0 Å². The number of hydroxylamine groups is 1. The van der Waals surface area contributed by atoms with E-state index in [2.05, 4.69) is 16.7 Å². The quantitative estimate of drug-likeness (QED) is 0.636. The fourth-order valence-corrected chi connectivity index (χ4v) is 3.12. The SMILES string of the molecule is C=Cc1ncn(-c2c(-c3c(F)cc(OC)cc3F)c(C)nn2C)c1/C=C\[NH2+]O. The van der Waals surface area contributed by atoms with Gasteiger partial charge in [-0.2, -0.15) is 10.6 Å². The van der Waals surface area contributed by atoms with E-state index in [4.69, 9.17) is 9.94 Å². The summed E-state index contributed by atoms with van der Waals surface area (Å²) in [5, 5.41) is 13.3. The molecule has 7 nitrogen and oxygen atoms in total. The summed E-state index contributed by atoms with van der Waals surface area (Å²) >= 11 is 0. The summed E-state index contributed by atoms with van der Waals surface area (Å²) in [5.41, 5.74) is 2.51. The molecule has 0 aliphatic carbocycles. The van der Waals surface area contributed by atoms with Crippen LogP contribution >= 0.6 is 0 Å². The largest absolute Gasteiger partial charge is 0.497 e. The molecule has 0 fully saturated rings. The molecule has 0 radical (unpaired) electrons. The number of halogens is 2. The Labute approximate surface area is 160 Å². The lowest BCUT2D eigenvalue weighted by molar-refractivity contribution is -0.837. The van der Waals surface area contributed by atoms with Crippen LogP contribution in [0.2, 0.25) is 0 Å². The van der Waals surface area contributed by atoms with Crippen LogP contribution in [0.25, 0.3) is 29.1 Å². The Morgan fingerprint density at radius 1 is 1.25 bits per heavy atom. The number of benzene rings is 1. The van der Waals surface area contributed by atoms with Crippen molar-refractivity contribution < 1.29 is 24.2 Å². The highest BCUT2D eigenvalue weighted by atomic mass is 19.1. The van der Waals surface area contributed by atoms with Crippen LogP contribution in [0.1, 0.15) is 17.1 Å². The molecule has 0 bridgehead atoms. The first kappa shape index (κ1) is 19.5. The summed E-state index contributed by atoms with van der Waals surface area (Å²) < 4.78 is 37.7. The summed E-state index contributed by atoms with van der Waals surface area (Å²) in [7, 11) is 3.01. The molecule has 28 heavy (non-hydrogen) atoms. The summed E-state index contributed by atoms with van der Waals surface area (Å²) in [6, 6.07) is 2.25. The molecule has 0 spiro atoms. The lowest BCUT2D eigenvalue weighted by Gasteiger charge is -2.12. The van der Waals surface area contributed by atoms with Gasteiger partial charge in [0, 0.05) is 25.3 Å². The van der Waals surface area contributed by atoms with Crippen LogP contribution in [0, 0.1) is 18.6 Å². The van der Waals surface area contributed by atoms with Gasteiger partial charge < -0.3 is 4.74 Å². The molecule has 0 aliphatic heterocycles. The maximum atomic E-state index is 14.8. The number of ether oxygens (including phenoxy) is 1. The van der Waals surface area contributed by atoms with Crippen LogP contribution in [0.15, 0.2) is 31.2 Å². The minimum absolute atomic E-state index is 0.0838. The first-order valence-electron chi connectivity index (χ1n) is 8.34. The number of nitrogens with zero attached hydrogens (tertiary/aromatic N) is 4. The van der Waals surface area contributed by atoms with E-state index in [0.717, 1.165) is 17.6 Å². The van der Waals surface area contributed by atoms with Crippen LogP contribution in [0.4, 0.5) is 8.78 Å². The van der Waals surface area contributed by atoms with Crippen LogP contribution < -0.4 is 10.2 Å². The normalized spacial score (nSPS) is 11.4. The second kappa shape index (κ2) is 7.75. The molecule has 2 heterocycles. The molecule has 0 unspecified atom stereocenters. The number of aryl methyl sites for hydroxylation is 2. The van der Waals surface area contributed by atoms with Gasteiger partial charge >= 0.3 is 0 Å². The van der Waals surface area contributed by atoms with Crippen molar-refractivity contribution in [2.75, 3.05) is 7.11 Å². The van der Waals surface area contributed by atoms with E-state index < -0.39 is 11.6 Å². The van der Waals surface area contributed by atoms with E-state index in [1.54, 1.807) is 30.7 Å². The number of nitrogens with two attached hydrogens (primary N) is 1. The van der Waals surface area contributed by atoms with Crippen molar-refractivity contribution in [3.8, 4) is 22.7 Å². The first-order valence-corrected chi connectivity index (χ1v) is 8.34. The minimum Gasteiger partial charge on any atom is -0.497 e. The van der Waals surface area contributed by atoms with E-state index in [1.807, 2.05) is 0 Å². The Kier molecular flexibility index (Phi) is 5.39. The topological polar surface area (TPSA) is 81.7 Å². The highest BCUT2D eigenvalue weighted by Crippen LogP contribution is 2.36. The van der Waals surface area contributed by atoms with Crippen molar-refractivity contribution in [2.45, 2.75) is 6.92 Å². The third kappa shape index (κ3) is 3.21. The van der Waals surface area contributed by atoms with Gasteiger partial charge in [0.05, 0.1) is 35.3 Å². The van der Waals surface area contributed by atoms with Gasteiger partial charge in [0.1, 0.15) is 35.7 Å². The molecule has 0 aliphatic rings.